The van der Waals surface area contributed by atoms with Gasteiger partial charge in [0.1, 0.15) is 5.78 Å². The number of ketones is 2. The van der Waals surface area contributed by atoms with Gasteiger partial charge in [0.15, 0.2) is 5.78 Å². The van der Waals surface area contributed by atoms with E-state index in [0.29, 0.717) is 37.4 Å². The quantitative estimate of drug-likeness (QED) is 0.345. The van der Waals surface area contributed by atoms with Crippen LogP contribution in [0.2, 0.25) is 0 Å². The van der Waals surface area contributed by atoms with Gasteiger partial charge in [-0.25, -0.2) is 0 Å². The molecule has 222 valence electrons. The summed E-state index contributed by atoms with van der Waals surface area (Å²) < 4.78 is 0. The molecule has 3 aromatic rings. The molecule has 7 nitrogen and oxygen atoms in total. The van der Waals surface area contributed by atoms with Gasteiger partial charge in [0, 0.05) is 30.3 Å². The summed E-state index contributed by atoms with van der Waals surface area (Å²) in [4.78, 5) is 48.9. The summed E-state index contributed by atoms with van der Waals surface area (Å²) in [5, 5.41) is 14.2. The number of hydrogen-bond donors (Lipinski definition) is 2. The maximum Gasteiger partial charge on any atom is 0.307 e. The summed E-state index contributed by atoms with van der Waals surface area (Å²) >= 11 is 1.65. The first-order valence-electron chi connectivity index (χ1n) is 14.4. The van der Waals surface area contributed by atoms with E-state index < -0.39 is 11.9 Å². The molecular weight excluding hydrogens is 548 g/mol. The van der Waals surface area contributed by atoms with Crippen LogP contribution in [-0.4, -0.2) is 53.9 Å². The first kappa shape index (κ1) is 31.4. The van der Waals surface area contributed by atoms with Gasteiger partial charge in [0.05, 0.1) is 16.9 Å². The molecule has 2 aliphatic heterocycles. The zero-order chi connectivity index (χ0) is 30.6. The monoisotopic (exact) mass is 588 g/mol. The SMILES string of the molecule is CC(=O)[C@H]1CNCC[C@@H]1C(=O)O.CC(=O)c1ccc2c(c1)C(c1cccc3ccccc13)SCC(=O)N2CC(C)(C)C. The summed E-state index contributed by atoms with van der Waals surface area (Å²) in [6.45, 7) is 11.3. The number of aliphatic carboxylic acids is 1. The summed E-state index contributed by atoms with van der Waals surface area (Å²) in [5.74, 6) is -1.13. The molecule has 0 bridgehead atoms. The van der Waals surface area contributed by atoms with Crippen LogP contribution in [-0.2, 0) is 14.4 Å². The molecule has 8 heteroatoms. The Bertz CT molecular complexity index is 1470. The summed E-state index contributed by atoms with van der Waals surface area (Å²) in [6, 6.07) is 20.5. The average Bonchev–Trinajstić information content (AvgIpc) is 3.08. The molecule has 0 spiro atoms. The Morgan fingerprint density at radius 2 is 1.69 bits per heavy atom. The summed E-state index contributed by atoms with van der Waals surface area (Å²) in [6.07, 6.45) is 0.555. The van der Waals surface area contributed by atoms with E-state index in [4.69, 9.17) is 5.11 Å². The predicted octanol–water partition coefficient (Wildman–Crippen LogP) is 6.14. The normalized spacial score (nSPS) is 20.6. The smallest absolute Gasteiger partial charge is 0.307 e. The van der Waals surface area contributed by atoms with Crippen molar-refractivity contribution < 1.29 is 24.3 Å². The fourth-order valence-electron chi connectivity index (χ4n) is 5.65. The van der Waals surface area contributed by atoms with Gasteiger partial charge in [0.2, 0.25) is 5.91 Å². The van der Waals surface area contributed by atoms with Crippen LogP contribution in [0, 0.1) is 17.3 Å². The summed E-state index contributed by atoms with van der Waals surface area (Å²) in [7, 11) is 0. The second-order valence-corrected chi connectivity index (χ2v) is 13.4. The fraction of sp³-hybridized carbons (Fsp3) is 0.412. The number of nitrogens with one attached hydrogen (secondary N) is 1. The largest absolute Gasteiger partial charge is 0.481 e. The Balaban J connectivity index is 0.000000283. The number of rotatable bonds is 5. The van der Waals surface area contributed by atoms with E-state index in [2.05, 4.69) is 62.5 Å². The van der Waals surface area contributed by atoms with Gasteiger partial charge in [-0.05, 0) is 72.3 Å². The lowest BCUT2D eigenvalue weighted by molar-refractivity contribution is -0.147. The molecule has 0 saturated carbocycles. The third kappa shape index (κ3) is 7.28. The Kier molecular flexibility index (Phi) is 9.89. The zero-order valence-electron chi connectivity index (χ0n) is 25.0. The molecular formula is C34H40N2O5S. The lowest BCUT2D eigenvalue weighted by atomic mass is 9.84. The van der Waals surface area contributed by atoms with Crippen LogP contribution in [0.1, 0.15) is 67.8 Å². The van der Waals surface area contributed by atoms with Gasteiger partial charge in [-0.1, -0.05) is 63.2 Å². The first-order valence-corrected chi connectivity index (χ1v) is 15.4. The average molecular weight is 589 g/mol. The second kappa shape index (κ2) is 13.2. The number of thioether (sulfide) groups is 1. The van der Waals surface area contributed by atoms with Gasteiger partial charge < -0.3 is 15.3 Å². The minimum absolute atomic E-state index is 0.0145. The van der Waals surface area contributed by atoms with Crippen LogP contribution in [0.3, 0.4) is 0 Å². The van der Waals surface area contributed by atoms with E-state index in [1.165, 1.54) is 23.3 Å². The van der Waals surface area contributed by atoms with Crippen molar-refractivity contribution in [2.75, 3.05) is 30.3 Å². The maximum atomic E-state index is 13.2. The Morgan fingerprint density at radius 3 is 2.33 bits per heavy atom. The number of carboxylic acids is 1. The minimum Gasteiger partial charge on any atom is -0.481 e. The standard InChI is InChI=1S/C26H27NO2S.C8H13NO3/c1-17(28)19-12-13-23-22(14-19)25(30-15-24(29)27(23)16-26(2,3)4)21-11-7-9-18-8-5-6-10-20(18)21;1-5(10)7-4-9-3-2-6(7)8(11)12/h5-14,25H,15-16H2,1-4H3;6-7,9H,2-4H2,1H3,(H,11,12)/t;6-,7+/m.0/s1. The lowest BCUT2D eigenvalue weighted by Gasteiger charge is -2.30. The number of fused-ring (bicyclic) bond motifs is 2. The number of anilines is 1. The second-order valence-electron chi connectivity index (χ2n) is 12.3. The molecule has 1 saturated heterocycles. The molecule has 5 rings (SSSR count). The first-order chi connectivity index (χ1) is 19.9. The summed E-state index contributed by atoms with van der Waals surface area (Å²) in [5.41, 5.74) is 3.80. The number of Topliss-reactive ketones (excluding diaryl/α,β-unsaturated/α-hetero) is 2. The highest BCUT2D eigenvalue weighted by atomic mass is 32.2. The van der Waals surface area contributed by atoms with E-state index in [1.807, 2.05) is 29.2 Å². The molecule has 1 fully saturated rings. The van der Waals surface area contributed by atoms with E-state index in [-0.39, 0.29) is 34.1 Å². The number of benzene rings is 3. The van der Waals surface area contributed by atoms with E-state index in [0.717, 1.165) is 11.3 Å². The van der Waals surface area contributed by atoms with Crippen LogP contribution in [0.4, 0.5) is 5.69 Å². The van der Waals surface area contributed by atoms with Gasteiger partial charge in [-0.15, -0.1) is 11.8 Å². The number of piperidine rings is 1. The molecule has 2 aliphatic rings. The van der Waals surface area contributed by atoms with Crippen molar-refractivity contribution in [1.82, 2.24) is 5.32 Å². The molecule has 2 N–H and O–H groups in total. The number of hydrogen-bond acceptors (Lipinski definition) is 6. The molecule has 2 heterocycles. The lowest BCUT2D eigenvalue weighted by Crippen LogP contribution is -2.43. The van der Waals surface area contributed by atoms with Gasteiger partial charge in [-0.2, -0.15) is 0 Å². The van der Waals surface area contributed by atoms with E-state index in [1.54, 1.807) is 18.7 Å². The van der Waals surface area contributed by atoms with Crippen molar-refractivity contribution in [3.63, 3.8) is 0 Å². The van der Waals surface area contributed by atoms with Crippen LogP contribution < -0.4 is 10.2 Å². The zero-order valence-corrected chi connectivity index (χ0v) is 25.8. The van der Waals surface area contributed by atoms with Crippen molar-refractivity contribution in [2.45, 2.75) is 46.3 Å². The topological polar surface area (TPSA) is 104 Å². The van der Waals surface area contributed by atoms with Gasteiger partial charge >= 0.3 is 5.97 Å². The minimum atomic E-state index is -0.850. The maximum absolute atomic E-state index is 13.2. The van der Waals surface area contributed by atoms with Crippen LogP contribution in [0.25, 0.3) is 10.8 Å². The van der Waals surface area contributed by atoms with Gasteiger partial charge in [-0.3, -0.25) is 19.2 Å². The van der Waals surface area contributed by atoms with Crippen LogP contribution >= 0.6 is 11.8 Å². The van der Waals surface area contributed by atoms with Crippen LogP contribution in [0.5, 0.6) is 0 Å². The van der Waals surface area contributed by atoms with Crippen molar-refractivity contribution in [3.05, 3.63) is 77.4 Å². The number of carbonyl (C=O) groups excluding carboxylic acids is 3. The molecule has 0 radical (unpaired) electrons. The number of nitrogens with zero attached hydrogens (tertiary/aromatic N) is 1. The third-order valence-electron chi connectivity index (χ3n) is 7.74. The van der Waals surface area contributed by atoms with Crippen molar-refractivity contribution >= 4 is 51.7 Å². The highest BCUT2D eigenvalue weighted by Gasteiger charge is 2.34. The molecule has 1 amide bonds. The fourth-order valence-corrected chi connectivity index (χ4v) is 6.87. The van der Waals surface area contributed by atoms with E-state index >= 15 is 0 Å². The van der Waals surface area contributed by atoms with Crippen molar-refractivity contribution in [2.24, 2.45) is 17.3 Å². The Hall–Kier alpha value is -3.49. The van der Waals surface area contributed by atoms with Crippen molar-refractivity contribution in [3.8, 4) is 0 Å². The number of amides is 1. The van der Waals surface area contributed by atoms with E-state index in [9.17, 15) is 19.2 Å². The molecule has 3 aromatic carbocycles. The number of carbonyl (C=O) groups is 4. The Labute approximate surface area is 252 Å². The van der Waals surface area contributed by atoms with Crippen LogP contribution in [0.15, 0.2) is 60.7 Å². The molecule has 0 aliphatic carbocycles. The number of carboxylic acid groups (broad SMARTS) is 1. The molecule has 0 aromatic heterocycles. The Morgan fingerprint density at radius 1 is 0.976 bits per heavy atom. The highest BCUT2D eigenvalue weighted by molar-refractivity contribution is 8.00. The molecule has 1 unspecified atom stereocenters. The molecule has 42 heavy (non-hydrogen) atoms. The van der Waals surface area contributed by atoms with Crippen molar-refractivity contribution in [1.29, 1.82) is 0 Å². The predicted molar refractivity (Wildman–Crippen MR) is 169 cm³/mol. The molecule has 3 atom stereocenters. The highest BCUT2D eigenvalue weighted by Crippen LogP contribution is 2.46. The third-order valence-corrected chi connectivity index (χ3v) is 9.00. The van der Waals surface area contributed by atoms with Gasteiger partial charge in [0.25, 0.3) is 0 Å².